The van der Waals surface area contributed by atoms with Crippen molar-refractivity contribution in [3.63, 3.8) is 0 Å². The third-order valence-electron chi connectivity index (χ3n) is 3.85. The highest BCUT2D eigenvalue weighted by molar-refractivity contribution is 9.10. The summed E-state index contributed by atoms with van der Waals surface area (Å²) in [6.07, 6.45) is 1.59. The fourth-order valence-electron chi connectivity index (χ4n) is 2.30. The number of hydrogen-bond donors (Lipinski definition) is 2. The number of carbonyl (C=O) groups is 1. The lowest BCUT2D eigenvalue weighted by molar-refractivity contribution is 0.0950. The number of rotatable bonds is 4. The molecule has 0 aliphatic carbocycles. The number of aryl methyl sites for hydroxylation is 2. The van der Waals surface area contributed by atoms with Gasteiger partial charge in [0.2, 0.25) is 0 Å². The van der Waals surface area contributed by atoms with Crippen molar-refractivity contribution in [2.45, 2.75) is 13.8 Å². The Kier molecular flexibility index (Phi) is 5.09. The zero-order chi connectivity index (χ0) is 17.8. The van der Waals surface area contributed by atoms with Crippen LogP contribution in [-0.4, -0.2) is 22.3 Å². The Hall–Kier alpha value is -2.73. The fourth-order valence-corrected chi connectivity index (χ4v) is 2.72. The van der Waals surface area contributed by atoms with Gasteiger partial charge in [0, 0.05) is 10.0 Å². The molecule has 25 heavy (non-hydrogen) atoms. The van der Waals surface area contributed by atoms with Crippen molar-refractivity contribution in [2.75, 3.05) is 0 Å². The molecular formula is C19H17BrN4O. The summed E-state index contributed by atoms with van der Waals surface area (Å²) in [4.78, 5) is 12.2. The molecule has 2 aromatic carbocycles. The number of nitrogens with zero attached hydrogens (tertiary/aromatic N) is 2. The van der Waals surface area contributed by atoms with E-state index in [9.17, 15) is 4.79 Å². The molecule has 6 heteroatoms. The van der Waals surface area contributed by atoms with E-state index in [0.717, 1.165) is 21.3 Å². The summed E-state index contributed by atoms with van der Waals surface area (Å²) >= 11 is 3.39. The predicted octanol–water partition coefficient (Wildman–Crippen LogP) is 4.22. The van der Waals surface area contributed by atoms with Crippen LogP contribution < -0.4 is 5.43 Å². The maximum Gasteiger partial charge on any atom is 0.289 e. The van der Waals surface area contributed by atoms with Crippen molar-refractivity contribution >= 4 is 28.1 Å². The third-order valence-corrected chi connectivity index (χ3v) is 4.35. The van der Waals surface area contributed by atoms with Crippen LogP contribution in [0.25, 0.3) is 11.3 Å². The second kappa shape index (κ2) is 7.44. The van der Waals surface area contributed by atoms with Gasteiger partial charge >= 0.3 is 0 Å². The highest BCUT2D eigenvalue weighted by atomic mass is 79.9. The average Bonchev–Trinajstić information content (AvgIpc) is 3.07. The van der Waals surface area contributed by atoms with Crippen LogP contribution in [0, 0.1) is 13.8 Å². The van der Waals surface area contributed by atoms with Crippen molar-refractivity contribution in [3.05, 3.63) is 75.4 Å². The van der Waals surface area contributed by atoms with Crippen LogP contribution in [0.15, 0.2) is 58.1 Å². The molecule has 0 atom stereocenters. The van der Waals surface area contributed by atoms with Gasteiger partial charge in [0.15, 0.2) is 0 Å². The molecule has 0 aliphatic heterocycles. The number of nitrogens with one attached hydrogen (secondary N) is 2. The highest BCUT2D eigenvalue weighted by Gasteiger charge is 2.10. The summed E-state index contributed by atoms with van der Waals surface area (Å²) in [6.45, 7) is 4.11. The lowest BCUT2D eigenvalue weighted by Crippen LogP contribution is -2.17. The van der Waals surface area contributed by atoms with Gasteiger partial charge in [-0.25, -0.2) is 5.43 Å². The zero-order valence-electron chi connectivity index (χ0n) is 13.9. The van der Waals surface area contributed by atoms with E-state index in [1.807, 2.05) is 36.4 Å². The second-order valence-corrected chi connectivity index (χ2v) is 6.64. The van der Waals surface area contributed by atoms with E-state index in [4.69, 9.17) is 0 Å². The number of carbonyl (C=O) groups excluding carboxylic acids is 1. The van der Waals surface area contributed by atoms with Crippen LogP contribution in [0.4, 0.5) is 0 Å². The molecule has 0 unspecified atom stereocenters. The molecule has 1 heterocycles. The fraction of sp³-hybridized carbons (Fsp3) is 0.105. The lowest BCUT2D eigenvalue weighted by Gasteiger charge is -2.01. The van der Waals surface area contributed by atoms with Gasteiger partial charge < -0.3 is 0 Å². The smallest absolute Gasteiger partial charge is 0.272 e. The van der Waals surface area contributed by atoms with Crippen LogP contribution in [0.5, 0.6) is 0 Å². The summed E-state index contributed by atoms with van der Waals surface area (Å²) in [5, 5.41) is 10.9. The standard InChI is InChI=1S/C19H17BrN4O/c1-12-6-7-15(8-13(12)2)17-10-18(23-22-17)19(25)24-21-11-14-4-3-5-16(20)9-14/h3-11H,1-2H3,(H,22,23)(H,24,25)/b21-11+. The molecule has 0 saturated heterocycles. The Bertz CT molecular complexity index is 946. The van der Waals surface area contributed by atoms with E-state index in [1.54, 1.807) is 12.3 Å². The van der Waals surface area contributed by atoms with Gasteiger partial charge in [0.1, 0.15) is 5.69 Å². The van der Waals surface area contributed by atoms with Gasteiger partial charge in [-0.2, -0.15) is 10.2 Å². The first-order valence-corrected chi connectivity index (χ1v) is 8.54. The SMILES string of the molecule is Cc1ccc(-c2cc(C(=O)N/N=C/c3cccc(Br)c3)[nH]n2)cc1C. The van der Waals surface area contributed by atoms with Crippen molar-refractivity contribution in [1.29, 1.82) is 0 Å². The number of amides is 1. The summed E-state index contributed by atoms with van der Waals surface area (Å²) in [5.41, 5.74) is 7.84. The maximum atomic E-state index is 12.2. The number of halogens is 1. The van der Waals surface area contributed by atoms with Crippen molar-refractivity contribution in [3.8, 4) is 11.3 Å². The summed E-state index contributed by atoms with van der Waals surface area (Å²) in [6, 6.07) is 15.4. The van der Waals surface area contributed by atoms with Crippen molar-refractivity contribution in [2.24, 2.45) is 5.10 Å². The van der Waals surface area contributed by atoms with E-state index in [1.165, 1.54) is 11.1 Å². The third kappa shape index (κ3) is 4.22. The van der Waals surface area contributed by atoms with E-state index in [-0.39, 0.29) is 5.91 Å². The maximum absolute atomic E-state index is 12.2. The molecule has 0 bridgehead atoms. The molecule has 0 saturated carbocycles. The van der Waals surface area contributed by atoms with Gasteiger partial charge in [0.25, 0.3) is 5.91 Å². The number of hydrazone groups is 1. The summed E-state index contributed by atoms with van der Waals surface area (Å²) in [7, 11) is 0. The van der Waals surface area contributed by atoms with Gasteiger partial charge in [-0.1, -0.05) is 40.2 Å². The Morgan fingerprint density at radius 1 is 1.16 bits per heavy atom. The molecule has 1 aromatic heterocycles. The van der Waals surface area contributed by atoms with Crippen LogP contribution in [-0.2, 0) is 0 Å². The number of benzene rings is 2. The first kappa shape index (κ1) is 17.1. The number of hydrogen-bond acceptors (Lipinski definition) is 3. The minimum absolute atomic E-state index is 0.339. The molecule has 0 aliphatic rings. The normalized spacial score (nSPS) is 11.0. The minimum atomic E-state index is -0.339. The van der Waals surface area contributed by atoms with Crippen molar-refractivity contribution in [1.82, 2.24) is 15.6 Å². The molecule has 1 amide bonds. The zero-order valence-corrected chi connectivity index (χ0v) is 15.5. The predicted molar refractivity (Wildman–Crippen MR) is 103 cm³/mol. The van der Waals surface area contributed by atoms with Crippen LogP contribution in [0.3, 0.4) is 0 Å². The number of H-pyrrole nitrogens is 1. The quantitative estimate of drug-likeness (QED) is 0.511. The Morgan fingerprint density at radius 3 is 2.76 bits per heavy atom. The summed E-state index contributed by atoms with van der Waals surface area (Å²) in [5.74, 6) is -0.339. The average molecular weight is 397 g/mol. The van der Waals surface area contributed by atoms with Gasteiger partial charge in [0.05, 0.1) is 11.9 Å². The minimum Gasteiger partial charge on any atom is -0.272 e. The molecule has 3 aromatic rings. The van der Waals surface area contributed by atoms with E-state index >= 15 is 0 Å². The van der Waals surface area contributed by atoms with Gasteiger partial charge in [-0.15, -0.1) is 0 Å². The first-order valence-electron chi connectivity index (χ1n) is 7.75. The number of aromatic amines is 1. The molecule has 3 rings (SSSR count). The topological polar surface area (TPSA) is 70.1 Å². The van der Waals surface area contributed by atoms with E-state index < -0.39 is 0 Å². The van der Waals surface area contributed by atoms with Crippen LogP contribution in [0.2, 0.25) is 0 Å². The monoisotopic (exact) mass is 396 g/mol. The van der Waals surface area contributed by atoms with E-state index in [2.05, 4.69) is 56.6 Å². The molecule has 126 valence electrons. The largest absolute Gasteiger partial charge is 0.289 e. The first-order chi connectivity index (χ1) is 12.0. The Balaban J connectivity index is 1.69. The van der Waals surface area contributed by atoms with Gasteiger partial charge in [-0.3, -0.25) is 9.89 Å². The van der Waals surface area contributed by atoms with E-state index in [0.29, 0.717) is 5.69 Å². The second-order valence-electron chi connectivity index (χ2n) is 5.72. The Morgan fingerprint density at radius 2 is 2.00 bits per heavy atom. The van der Waals surface area contributed by atoms with Crippen LogP contribution >= 0.6 is 15.9 Å². The molecule has 5 nitrogen and oxygen atoms in total. The summed E-state index contributed by atoms with van der Waals surface area (Å²) < 4.78 is 0.953. The molecule has 0 radical (unpaired) electrons. The van der Waals surface area contributed by atoms with Crippen molar-refractivity contribution < 1.29 is 4.79 Å². The highest BCUT2D eigenvalue weighted by Crippen LogP contribution is 2.20. The van der Waals surface area contributed by atoms with Crippen LogP contribution in [0.1, 0.15) is 27.2 Å². The molecule has 2 N–H and O–H groups in total. The molecular weight excluding hydrogens is 380 g/mol. The van der Waals surface area contributed by atoms with Gasteiger partial charge in [-0.05, 0) is 54.8 Å². The Labute approximate surface area is 154 Å². The lowest BCUT2D eigenvalue weighted by atomic mass is 10.0. The molecule has 0 spiro atoms. The number of aromatic nitrogens is 2. The molecule has 0 fully saturated rings.